The molecule has 0 saturated heterocycles. The summed E-state index contributed by atoms with van der Waals surface area (Å²) in [6.45, 7) is 0. The van der Waals surface area contributed by atoms with Crippen LogP contribution in [0.15, 0.2) is 30.5 Å². The molecule has 0 aliphatic heterocycles. The molecule has 0 spiro atoms. The average molecular weight is 283 g/mol. The molecule has 0 bridgehead atoms. The van der Waals surface area contributed by atoms with Crippen LogP contribution in [0.3, 0.4) is 0 Å². The number of anilines is 2. The van der Waals surface area contributed by atoms with Crippen molar-refractivity contribution in [2.75, 3.05) is 11.1 Å². The number of aromatic nitrogens is 1. The minimum absolute atomic E-state index is 0.0670. The molecule has 1 fully saturated rings. The summed E-state index contributed by atoms with van der Waals surface area (Å²) in [5.41, 5.74) is 7.24. The lowest BCUT2D eigenvalue weighted by molar-refractivity contribution is -0.117. The molecule has 20 heavy (non-hydrogen) atoms. The van der Waals surface area contributed by atoms with E-state index in [9.17, 15) is 4.79 Å². The quantitative estimate of drug-likeness (QED) is 0.657. The van der Waals surface area contributed by atoms with Gasteiger partial charge in [-0.3, -0.25) is 4.79 Å². The standard InChI is InChI=1S/C15H13N3OS/c16-12-6-1-10(2-7-12)3-8-13-9-17-15(20-13)18-14(19)11-4-5-11/h1-2,6-7,9,11H,4-5,16H2,(H,17,18,19). The van der Waals surface area contributed by atoms with E-state index in [4.69, 9.17) is 5.73 Å². The Kier molecular flexibility index (Phi) is 3.40. The van der Waals surface area contributed by atoms with Crippen molar-refractivity contribution in [2.24, 2.45) is 5.92 Å². The molecule has 0 unspecified atom stereocenters. The van der Waals surface area contributed by atoms with Gasteiger partial charge in [0.05, 0.1) is 11.1 Å². The summed E-state index contributed by atoms with van der Waals surface area (Å²) >= 11 is 1.39. The molecule has 0 radical (unpaired) electrons. The lowest BCUT2D eigenvalue weighted by atomic mass is 10.2. The van der Waals surface area contributed by atoms with Crippen LogP contribution in [0.4, 0.5) is 10.8 Å². The van der Waals surface area contributed by atoms with Gasteiger partial charge in [0.2, 0.25) is 5.91 Å². The largest absolute Gasteiger partial charge is 0.399 e. The molecule has 0 atom stereocenters. The first-order valence-corrected chi connectivity index (χ1v) is 7.16. The van der Waals surface area contributed by atoms with E-state index in [-0.39, 0.29) is 11.8 Å². The molecule has 3 N–H and O–H groups in total. The van der Waals surface area contributed by atoms with Crippen LogP contribution in [0, 0.1) is 17.8 Å². The van der Waals surface area contributed by atoms with E-state index in [1.807, 2.05) is 24.3 Å². The smallest absolute Gasteiger partial charge is 0.229 e. The molecular formula is C15H13N3OS. The van der Waals surface area contributed by atoms with Gasteiger partial charge in [-0.2, -0.15) is 0 Å². The Morgan fingerprint density at radius 1 is 1.30 bits per heavy atom. The SMILES string of the molecule is Nc1ccc(C#Cc2cnc(NC(=O)C3CC3)s2)cc1. The summed E-state index contributed by atoms with van der Waals surface area (Å²) in [7, 11) is 0. The Morgan fingerprint density at radius 3 is 2.75 bits per heavy atom. The number of nitrogens with two attached hydrogens (primary N) is 1. The number of carbonyl (C=O) groups excluding carboxylic acids is 1. The molecule has 1 aromatic heterocycles. The van der Waals surface area contributed by atoms with Crippen molar-refractivity contribution in [3.8, 4) is 11.8 Å². The van der Waals surface area contributed by atoms with Gasteiger partial charge < -0.3 is 11.1 Å². The zero-order valence-electron chi connectivity index (χ0n) is 10.7. The minimum Gasteiger partial charge on any atom is -0.399 e. The van der Waals surface area contributed by atoms with E-state index in [1.54, 1.807) is 6.20 Å². The summed E-state index contributed by atoms with van der Waals surface area (Å²) in [6, 6.07) is 7.38. The van der Waals surface area contributed by atoms with E-state index in [0.29, 0.717) is 5.13 Å². The summed E-state index contributed by atoms with van der Waals surface area (Å²) in [6.07, 6.45) is 3.65. The van der Waals surface area contributed by atoms with Gasteiger partial charge >= 0.3 is 0 Å². The zero-order valence-corrected chi connectivity index (χ0v) is 11.5. The molecule has 1 aliphatic carbocycles. The number of hydrogen-bond donors (Lipinski definition) is 2. The summed E-state index contributed by atoms with van der Waals surface area (Å²) in [5, 5.41) is 3.43. The van der Waals surface area contributed by atoms with Gasteiger partial charge in [-0.15, -0.1) is 0 Å². The Bertz CT molecular complexity index is 690. The van der Waals surface area contributed by atoms with E-state index in [0.717, 1.165) is 29.0 Å². The highest BCUT2D eigenvalue weighted by atomic mass is 32.1. The number of rotatable bonds is 2. The van der Waals surface area contributed by atoms with Crippen molar-refractivity contribution < 1.29 is 4.79 Å². The van der Waals surface area contributed by atoms with Crippen LogP contribution >= 0.6 is 11.3 Å². The highest BCUT2D eigenvalue weighted by Crippen LogP contribution is 2.30. The lowest BCUT2D eigenvalue weighted by Crippen LogP contribution is -2.12. The second-order valence-electron chi connectivity index (χ2n) is 4.67. The highest BCUT2D eigenvalue weighted by Gasteiger charge is 2.29. The second-order valence-corrected chi connectivity index (χ2v) is 5.70. The predicted octanol–water partition coefficient (Wildman–Crippen LogP) is 2.47. The Balaban J connectivity index is 1.67. The van der Waals surface area contributed by atoms with Crippen molar-refractivity contribution in [2.45, 2.75) is 12.8 Å². The molecule has 1 amide bonds. The van der Waals surface area contributed by atoms with Crippen molar-refractivity contribution in [3.63, 3.8) is 0 Å². The van der Waals surface area contributed by atoms with E-state index < -0.39 is 0 Å². The summed E-state index contributed by atoms with van der Waals surface area (Å²) < 4.78 is 0. The Labute approximate surface area is 121 Å². The van der Waals surface area contributed by atoms with Crippen LogP contribution in [-0.2, 0) is 4.79 Å². The lowest BCUT2D eigenvalue weighted by Gasteiger charge is -1.96. The second kappa shape index (κ2) is 5.35. The predicted molar refractivity (Wildman–Crippen MR) is 80.3 cm³/mol. The number of nitrogen functional groups attached to an aromatic ring is 1. The van der Waals surface area contributed by atoms with Crippen molar-refractivity contribution in [3.05, 3.63) is 40.9 Å². The third-order valence-electron chi connectivity index (χ3n) is 2.92. The average Bonchev–Trinajstić information content (AvgIpc) is 3.20. The van der Waals surface area contributed by atoms with Gasteiger partial charge in [0.25, 0.3) is 0 Å². The van der Waals surface area contributed by atoms with Crippen LogP contribution in [0.5, 0.6) is 0 Å². The van der Waals surface area contributed by atoms with Crippen LogP contribution in [0.1, 0.15) is 23.3 Å². The number of benzene rings is 1. The van der Waals surface area contributed by atoms with Gasteiger partial charge in [0.15, 0.2) is 5.13 Å². The van der Waals surface area contributed by atoms with Gasteiger partial charge in [-0.05, 0) is 43.0 Å². The molecule has 100 valence electrons. The first-order chi connectivity index (χ1) is 9.70. The van der Waals surface area contributed by atoms with Crippen molar-refractivity contribution >= 4 is 28.1 Å². The van der Waals surface area contributed by atoms with Gasteiger partial charge in [0.1, 0.15) is 0 Å². The zero-order chi connectivity index (χ0) is 13.9. The fraction of sp³-hybridized carbons (Fsp3) is 0.200. The molecular weight excluding hydrogens is 270 g/mol. The van der Waals surface area contributed by atoms with E-state index in [2.05, 4.69) is 22.1 Å². The molecule has 1 aromatic carbocycles. The first-order valence-electron chi connectivity index (χ1n) is 6.35. The molecule has 1 aliphatic rings. The molecule has 2 aromatic rings. The maximum absolute atomic E-state index is 11.6. The van der Waals surface area contributed by atoms with Crippen LogP contribution in [0.25, 0.3) is 0 Å². The summed E-state index contributed by atoms with van der Waals surface area (Å²) in [4.78, 5) is 16.6. The number of nitrogens with one attached hydrogen (secondary N) is 1. The molecule has 1 saturated carbocycles. The van der Waals surface area contributed by atoms with Crippen molar-refractivity contribution in [1.29, 1.82) is 0 Å². The normalized spacial score (nSPS) is 13.4. The van der Waals surface area contributed by atoms with Crippen LogP contribution in [-0.4, -0.2) is 10.9 Å². The van der Waals surface area contributed by atoms with Gasteiger partial charge in [-0.1, -0.05) is 17.3 Å². The van der Waals surface area contributed by atoms with Crippen LogP contribution in [0.2, 0.25) is 0 Å². The monoisotopic (exact) mass is 283 g/mol. The van der Waals surface area contributed by atoms with E-state index in [1.165, 1.54) is 11.3 Å². The minimum atomic E-state index is 0.0670. The van der Waals surface area contributed by atoms with E-state index >= 15 is 0 Å². The molecule has 4 nitrogen and oxygen atoms in total. The Hall–Kier alpha value is -2.32. The third kappa shape index (κ3) is 3.16. The topological polar surface area (TPSA) is 68.0 Å². The maximum Gasteiger partial charge on any atom is 0.229 e. The fourth-order valence-corrected chi connectivity index (χ4v) is 2.32. The fourth-order valence-electron chi connectivity index (χ4n) is 1.64. The molecule has 1 heterocycles. The maximum atomic E-state index is 11.6. The summed E-state index contributed by atoms with van der Waals surface area (Å²) in [5.74, 6) is 6.33. The number of carbonyl (C=O) groups is 1. The number of hydrogen-bond acceptors (Lipinski definition) is 4. The Morgan fingerprint density at radius 2 is 2.05 bits per heavy atom. The highest BCUT2D eigenvalue weighted by molar-refractivity contribution is 7.16. The number of nitrogens with zero attached hydrogens (tertiary/aromatic N) is 1. The van der Waals surface area contributed by atoms with Gasteiger partial charge in [-0.25, -0.2) is 4.98 Å². The van der Waals surface area contributed by atoms with Crippen LogP contribution < -0.4 is 11.1 Å². The third-order valence-corrected chi connectivity index (χ3v) is 3.75. The number of amides is 1. The van der Waals surface area contributed by atoms with Gasteiger partial charge in [0, 0.05) is 17.2 Å². The molecule has 5 heteroatoms. The number of thiazole rings is 1. The van der Waals surface area contributed by atoms with Crippen molar-refractivity contribution in [1.82, 2.24) is 4.98 Å². The first kappa shape index (κ1) is 12.7. The molecule has 3 rings (SSSR count).